The van der Waals surface area contributed by atoms with Crippen LogP contribution in [0.3, 0.4) is 0 Å². The number of unbranched alkanes of at least 4 members (excludes halogenated alkanes) is 1. The summed E-state index contributed by atoms with van der Waals surface area (Å²) in [5, 5.41) is 5.16. The summed E-state index contributed by atoms with van der Waals surface area (Å²) in [6.45, 7) is 2.45. The zero-order valence-electron chi connectivity index (χ0n) is 16.1. The van der Waals surface area contributed by atoms with E-state index in [1.54, 1.807) is 42.5 Å². The highest BCUT2D eigenvalue weighted by atomic mass is 16.6. The molecule has 0 saturated carbocycles. The first kappa shape index (κ1) is 19.4. The molecule has 0 aliphatic rings. The quantitative estimate of drug-likeness (QED) is 0.460. The number of nitrogens with zero attached hydrogens (tertiary/aromatic N) is 2. The van der Waals surface area contributed by atoms with E-state index in [9.17, 15) is 9.59 Å². The Bertz CT molecular complexity index is 1040. The molecule has 0 N–H and O–H groups in total. The van der Waals surface area contributed by atoms with Crippen LogP contribution in [0.25, 0.3) is 10.8 Å². The minimum atomic E-state index is -0.691. The Kier molecular flexibility index (Phi) is 5.93. The Balaban J connectivity index is 2.10. The fourth-order valence-corrected chi connectivity index (χ4v) is 2.90. The fraction of sp³-hybridized carbons (Fsp3) is 0.286. The second-order valence-corrected chi connectivity index (χ2v) is 6.16. The number of hydrogen-bond acceptors (Lipinski definition) is 6. The number of carbonyl (C=O) groups excluding carboxylic acids is 1. The van der Waals surface area contributed by atoms with E-state index in [2.05, 4.69) is 5.10 Å². The molecule has 0 atom stereocenters. The van der Waals surface area contributed by atoms with Crippen molar-refractivity contribution >= 4 is 16.7 Å². The van der Waals surface area contributed by atoms with E-state index in [0.717, 1.165) is 12.8 Å². The molecule has 0 unspecified atom stereocenters. The van der Waals surface area contributed by atoms with Crippen molar-refractivity contribution < 1.29 is 19.0 Å². The molecule has 28 heavy (non-hydrogen) atoms. The summed E-state index contributed by atoms with van der Waals surface area (Å²) in [7, 11) is 2.95. The van der Waals surface area contributed by atoms with Gasteiger partial charge in [0.2, 0.25) is 5.75 Å². The Morgan fingerprint density at radius 1 is 1.00 bits per heavy atom. The third kappa shape index (κ3) is 3.69. The molecule has 3 aromatic rings. The van der Waals surface area contributed by atoms with Gasteiger partial charge in [-0.15, -0.1) is 0 Å². The van der Waals surface area contributed by atoms with E-state index < -0.39 is 5.97 Å². The lowest BCUT2D eigenvalue weighted by atomic mass is 10.1. The van der Waals surface area contributed by atoms with Crippen molar-refractivity contribution in [2.75, 3.05) is 14.2 Å². The summed E-state index contributed by atoms with van der Waals surface area (Å²) in [5.41, 5.74) is -0.158. The number of aromatic nitrogens is 2. The van der Waals surface area contributed by atoms with Crippen LogP contribution in [0.15, 0.2) is 47.3 Å². The highest BCUT2D eigenvalue weighted by molar-refractivity contribution is 6.03. The van der Waals surface area contributed by atoms with Crippen molar-refractivity contribution in [2.45, 2.75) is 26.3 Å². The minimum Gasteiger partial charge on any atom is -0.493 e. The van der Waals surface area contributed by atoms with Gasteiger partial charge in [0.1, 0.15) is 0 Å². The maximum absolute atomic E-state index is 13.0. The Labute approximate surface area is 162 Å². The number of esters is 1. The molecule has 0 aliphatic carbocycles. The summed E-state index contributed by atoms with van der Waals surface area (Å²) < 4.78 is 17.5. The average molecular weight is 382 g/mol. The highest BCUT2D eigenvalue weighted by Crippen LogP contribution is 2.37. The van der Waals surface area contributed by atoms with E-state index in [0.29, 0.717) is 28.8 Å². The van der Waals surface area contributed by atoms with E-state index in [1.165, 1.54) is 18.9 Å². The van der Waals surface area contributed by atoms with Gasteiger partial charge in [0.25, 0.3) is 5.56 Å². The predicted molar refractivity (Wildman–Crippen MR) is 105 cm³/mol. The van der Waals surface area contributed by atoms with Crippen molar-refractivity contribution in [3.05, 3.63) is 58.5 Å². The summed E-state index contributed by atoms with van der Waals surface area (Å²) in [6.07, 6.45) is 1.68. The van der Waals surface area contributed by atoms with Crippen molar-refractivity contribution in [1.82, 2.24) is 9.78 Å². The zero-order valence-corrected chi connectivity index (χ0v) is 16.1. The predicted octanol–water partition coefficient (Wildman–Crippen LogP) is 3.43. The molecule has 7 nitrogen and oxygen atoms in total. The third-order valence-electron chi connectivity index (χ3n) is 4.36. The van der Waals surface area contributed by atoms with Crippen LogP contribution in [-0.2, 0) is 6.54 Å². The van der Waals surface area contributed by atoms with Crippen molar-refractivity contribution in [3.63, 3.8) is 0 Å². The van der Waals surface area contributed by atoms with Gasteiger partial charge in [-0.3, -0.25) is 4.79 Å². The lowest BCUT2D eigenvalue weighted by molar-refractivity contribution is 0.0717. The molecular formula is C21H22N2O5. The molecule has 2 aromatic carbocycles. The Hall–Kier alpha value is -3.35. The van der Waals surface area contributed by atoms with E-state index >= 15 is 0 Å². The number of ether oxygens (including phenoxy) is 3. The molecule has 0 aliphatic heterocycles. The molecule has 0 fully saturated rings. The molecule has 1 aromatic heterocycles. The number of methoxy groups -OCH3 is 2. The SMILES string of the molecule is CCCCn1nc(C(=O)Oc2c(OC)cccc2OC)c2ccccc2c1=O. The third-order valence-corrected chi connectivity index (χ3v) is 4.36. The zero-order chi connectivity index (χ0) is 20.1. The maximum Gasteiger partial charge on any atom is 0.365 e. The molecule has 146 valence electrons. The van der Waals surface area contributed by atoms with Crippen LogP contribution < -0.4 is 19.8 Å². The summed E-state index contributed by atoms with van der Waals surface area (Å²) in [6, 6.07) is 11.9. The summed E-state index contributed by atoms with van der Waals surface area (Å²) in [5.74, 6) is 0.187. The Morgan fingerprint density at radius 3 is 2.25 bits per heavy atom. The number of para-hydroxylation sites is 1. The summed E-state index contributed by atoms with van der Waals surface area (Å²) >= 11 is 0. The first-order valence-corrected chi connectivity index (χ1v) is 9.03. The largest absolute Gasteiger partial charge is 0.493 e. The molecule has 1 heterocycles. The van der Waals surface area contributed by atoms with Gasteiger partial charge < -0.3 is 14.2 Å². The van der Waals surface area contributed by atoms with Crippen LogP contribution in [0.2, 0.25) is 0 Å². The van der Waals surface area contributed by atoms with Crippen LogP contribution >= 0.6 is 0 Å². The van der Waals surface area contributed by atoms with Gasteiger partial charge in [-0.1, -0.05) is 37.6 Å². The summed E-state index contributed by atoms with van der Waals surface area (Å²) in [4.78, 5) is 25.7. The Morgan fingerprint density at radius 2 is 1.64 bits per heavy atom. The van der Waals surface area contributed by atoms with Crippen molar-refractivity contribution in [2.24, 2.45) is 0 Å². The molecule has 0 bridgehead atoms. The molecule has 7 heteroatoms. The molecule has 0 amide bonds. The van der Waals surface area contributed by atoms with E-state index in [4.69, 9.17) is 14.2 Å². The molecule has 3 rings (SSSR count). The van der Waals surface area contributed by atoms with Gasteiger partial charge in [0, 0.05) is 11.9 Å². The minimum absolute atomic E-state index is 0.0688. The standard InChI is InChI=1S/C21H22N2O5/c1-4-5-13-23-20(24)15-10-7-6-9-14(15)18(22-23)21(25)28-19-16(26-2)11-8-12-17(19)27-3/h6-12H,4-5,13H2,1-3H3. The second-order valence-electron chi connectivity index (χ2n) is 6.16. The number of aryl methyl sites for hydroxylation is 1. The monoisotopic (exact) mass is 382 g/mol. The van der Waals surface area contributed by atoms with Gasteiger partial charge in [-0.05, 0) is 24.6 Å². The molecule has 0 spiro atoms. The topological polar surface area (TPSA) is 79.7 Å². The van der Waals surface area contributed by atoms with E-state index in [-0.39, 0.29) is 17.0 Å². The van der Waals surface area contributed by atoms with Gasteiger partial charge in [0.05, 0.1) is 19.6 Å². The first-order valence-electron chi connectivity index (χ1n) is 9.03. The number of benzene rings is 2. The number of carbonyl (C=O) groups is 1. The van der Waals surface area contributed by atoms with Gasteiger partial charge in [-0.25, -0.2) is 9.48 Å². The van der Waals surface area contributed by atoms with Crippen LogP contribution in [0, 0.1) is 0 Å². The number of fused-ring (bicyclic) bond motifs is 1. The fourth-order valence-electron chi connectivity index (χ4n) is 2.90. The lowest BCUT2D eigenvalue weighted by Crippen LogP contribution is -2.27. The maximum atomic E-state index is 13.0. The number of rotatable bonds is 7. The van der Waals surface area contributed by atoms with Crippen LogP contribution in [0.5, 0.6) is 17.2 Å². The molecule has 0 saturated heterocycles. The van der Waals surface area contributed by atoms with E-state index in [1.807, 2.05) is 6.92 Å². The average Bonchev–Trinajstić information content (AvgIpc) is 2.73. The van der Waals surface area contributed by atoms with Gasteiger partial charge >= 0.3 is 5.97 Å². The van der Waals surface area contributed by atoms with Crippen LogP contribution in [0.4, 0.5) is 0 Å². The molecule has 0 radical (unpaired) electrons. The second kappa shape index (κ2) is 8.56. The van der Waals surface area contributed by atoms with Gasteiger partial charge in [-0.2, -0.15) is 5.10 Å². The normalized spacial score (nSPS) is 10.7. The molecular weight excluding hydrogens is 360 g/mol. The van der Waals surface area contributed by atoms with Crippen LogP contribution in [-0.4, -0.2) is 30.0 Å². The van der Waals surface area contributed by atoms with Crippen LogP contribution in [0.1, 0.15) is 30.3 Å². The van der Waals surface area contributed by atoms with Crippen molar-refractivity contribution in [3.8, 4) is 17.2 Å². The highest BCUT2D eigenvalue weighted by Gasteiger charge is 2.22. The number of hydrogen-bond donors (Lipinski definition) is 0. The lowest BCUT2D eigenvalue weighted by Gasteiger charge is -2.14. The van der Waals surface area contributed by atoms with Crippen molar-refractivity contribution in [1.29, 1.82) is 0 Å². The smallest absolute Gasteiger partial charge is 0.365 e. The van der Waals surface area contributed by atoms with Gasteiger partial charge in [0.15, 0.2) is 17.2 Å². The first-order chi connectivity index (χ1) is 13.6.